The molecule has 0 aromatic heterocycles. The van der Waals surface area contributed by atoms with E-state index in [2.05, 4.69) is 31.4 Å². The van der Waals surface area contributed by atoms with Crippen LogP contribution in [0.1, 0.15) is 36.7 Å². The number of ether oxygens (including phenoxy) is 1. The Morgan fingerprint density at radius 3 is 2.12 bits per heavy atom. The Labute approximate surface area is 148 Å². The van der Waals surface area contributed by atoms with E-state index < -0.39 is 0 Å². The maximum atomic E-state index is 12.4. The summed E-state index contributed by atoms with van der Waals surface area (Å²) in [5.74, 6) is -0.440. The lowest BCUT2D eigenvalue weighted by Crippen LogP contribution is -2.17. The predicted octanol–water partition coefficient (Wildman–Crippen LogP) is 3.82. The molecule has 0 heterocycles. The molecule has 25 heavy (non-hydrogen) atoms. The van der Waals surface area contributed by atoms with Gasteiger partial charge < -0.3 is 15.4 Å². The second kappa shape index (κ2) is 7.94. The van der Waals surface area contributed by atoms with Gasteiger partial charge in [0.15, 0.2) is 0 Å². The fourth-order valence-corrected chi connectivity index (χ4v) is 2.33. The summed E-state index contributed by atoms with van der Waals surface area (Å²) >= 11 is 0. The molecule has 0 unspecified atom stereocenters. The number of hydrogen-bond donors (Lipinski definition) is 2. The summed E-state index contributed by atoms with van der Waals surface area (Å²) in [4.78, 5) is 23.9. The Balaban J connectivity index is 2.06. The van der Waals surface area contributed by atoms with E-state index in [0.717, 1.165) is 0 Å². The second-order valence-electron chi connectivity index (χ2n) is 6.84. The molecule has 5 heteroatoms. The quantitative estimate of drug-likeness (QED) is 0.869. The van der Waals surface area contributed by atoms with Crippen LogP contribution in [-0.2, 0) is 14.9 Å². The zero-order valence-corrected chi connectivity index (χ0v) is 15.1. The first-order valence-corrected chi connectivity index (χ1v) is 8.10. The average Bonchev–Trinajstić information content (AvgIpc) is 2.54. The third-order valence-electron chi connectivity index (χ3n) is 3.69. The van der Waals surface area contributed by atoms with Crippen LogP contribution >= 0.6 is 0 Å². The van der Waals surface area contributed by atoms with Crippen molar-refractivity contribution in [3.05, 3.63) is 59.7 Å². The highest BCUT2D eigenvalue weighted by Crippen LogP contribution is 2.22. The number of benzene rings is 2. The van der Waals surface area contributed by atoms with Gasteiger partial charge in [0.2, 0.25) is 5.91 Å². The number of methoxy groups -OCH3 is 1. The molecule has 0 aliphatic carbocycles. The number of hydrogen-bond acceptors (Lipinski definition) is 3. The van der Waals surface area contributed by atoms with Crippen LogP contribution in [-0.4, -0.2) is 25.5 Å². The van der Waals surface area contributed by atoms with Crippen molar-refractivity contribution < 1.29 is 14.3 Å². The minimum Gasteiger partial charge on any atom is -0.375 e. The highest BCUT2D eigenvalue weighted by molar-refractivity contribution is 6.04. The number of anilines is 2. The molecule has 5 nitrogen and oxygen atoms in total. The van der Waals surface area contributed by atoms with Crippen molar-refractivity contribution >= 4 is 23.2 Å². The topological polar surface area (TPSA) is 67.4 Å². The van der Waals surface area contributed by atoms with Gasteiger partial charge in [0.05, 0.1) is 0 Å². The third-order valence-corrected chi connectivity index (χ3v) is 3.69. The molecular weight excluding hydrogens is 316 g/mol. The van der Waals surface area contributed by atoms with Crippen molar-refractivity contribution in [1.82, 2.24) is 0 Å². The Bertz CT molecular complexity index is 746. The minimum absolute atomic E-state index is 0.0172. The van der Waals surface area contributed by atoms with E-state index in [1.165, 1.54) is 12.7 Å². The van der Waals surface area contributed by atoms with Gasteiger partial charge in [-0.15, -0.1) is 0 Å². The van der Waals surface area contributed by atoms with Crippen molar-refractivity contribution in [2.24, 2.45) is 0 Å². The van der Waals surface area contributed by atoms with Crippen molar-refractivity contribution in [1.29, 1.82) is 0 Å². The molecule has 0 saturated carbocycles. The van der Waals surface area contributed by atoms with Crippen LogP contribution in [0.3, 0.4) is 0 Å². The van der Waals surface area contributed by atoms with Gasteiger partial charge in [0.25, 0.3) is 5.91 Å². The number of carbonyl (C=O) groups is 2. The summed E-state index contributed by atoms with van der Waals surface area (Å²) in [7, 11) is 1.46. The van der Waals surface area contributed by atoms with Crippen LogP contribution < -0.4 is 10.6 Å². The maximum Gasteiger partial charge on any atom is 0.255 e. The first-order chi connectivity index (χ1) is 11.8. The van der Waals surface area contributed by atoms with Crippen LogP contribution in [0.15, 0.2) is 48.5 Å². The zero-order valence-electron chi connectivity index (χ0n) is 15.1. The molecule has 132 valence electrons. The van der Waals surface area contributed by atoms with E-state index in [-0.39, 0.29) is 23.8 Å². The molecular formula is C20H24N2O3. The van der Waals surface area contributed by atoms with E-state index in [0.29, 0.717) is 16.9 Å². The summed E-state index contributed by atoms with van der Waals surface area (Å²) in [5.41, 5.74) is 3.01. The molecule has 0 aliphatic heterocycles. The molecule has 0 aliphatic rings. The first-order valence-electron chi connectivity index (χ1n) is 8.10. The second-order valence-corrected chi connectivity index (χ2v) is 6.84. The maximum absolute atomic E-state index is 12.4. The minimum atomic E-state index is -0.247. The molecule has 0 bridgehead atoms. The Morgan fingerprint density at radius 1 is 0.960 bits per heavy atom. The number of nitrogens with one attached hydrogen (secondary N) is 2. The Kier molecular flexibility index (Phi) is 5.93. The Hall–Kier alpha value is -2.66. The highest BCUT2D eigenvalue weighted by atomic mass is 16.5. The normalized spacial score (nSPS) is 11.0. The average molecular weight is 340 g/mol. The summed E-state index contributed by atoms with van der Waals surface area (Å²) in [6.45, 7) is 6.37. The van der Waals surface area contributed by atoms with Crippen LogP contribution in [0.25, 0.3) is 0 Å². The van der Waals surface area contributed by atoms with Gasteiger partial charge in [-0.3, -0.25) is 9.59 Å². The lowest BCUT2D eigenvalue weighted by Gasteiger charge is -2.19. The fourth-order valence-electron chi connectivity index (χ4n) is 2.33. The van der Waals surface area contributed by atoms with Gasteiger partial charge in [0.1, 0.15) is 6.61 Å². The molecule has 2 rings (SSSR count). The first kappa shape index (κ1) is 18.7. The van der Waals surface area contributed by atoms with Crippen molar-refractivity contribution in [2.45, 2.75) is 26.2 Å². The lowest BCUT2D eigenvalue weighted by molar-refractivity contribution is -0.119. The zero-order chi connectivity index (χ0) is 18.4. The monoisotopic (exact) mass is 340 g/mol. The third kappa shape index (κ3) is 5.43. The molecule has 0 spiro atoms. The largest absolute Gasteiger partial charge is 0.375 e. The van der Waals surface area contributed by atoms with Crippen LogP contribution in [0.2, 0.25) is 0 Å². The molecule has 2 N–H and O–H groups in total. The predicted molar refractivity (Wildman–Crippen MR) is 100 cm³/mol. The van der Waals surface area contributed by atoms with Crippen LogP contribution in [0.5, 0.6) is 0 Å². The van der Waals surface area contributed by atoms with Crippen LogP contribution in [0.4, 0.5) is 11.4 Å². The van der Waals surface area contributed by atoms with Gasteiger partial charge >= 0.3 is 0 Å². The van der Waals surface area contributed by atoms with Crippen molar-refractivity contribution in [2.75, 3.05) is 24.4 Å². The fraction of sp³-hybridized carbons (Fsp3) is 0.300. The van der Waals surface area contributed by atoms with Crippen molar-refractivity contribution in [3.8, 4) is 0 Å². The van der Waals surface area contributed by atoms with Gasteiger partial charge in [-0.25, -0.2) is 0 Å². The molecule has 2 amide bonds. The molecule has 0 fully saturated rings. The van der Waals surface area contributed by atoms with E-state index in [1.807, 2.05) is 24.3 Å². The summed E-state index contributed by atoms with van der Waals surface area (Å²) in [6.07, 6.45) is 0. The van der Waals surface area contributed by atoms with Gasteiger partial charge in [-0.05, 0) is 41.3 Å². The summed E-state index contributed by atoms with van der Waals surface area (Å²) in [5, 5.41) is 5.55. The van der Waals surface area contributed by atoms with Gasteiger partial charge in [-0.1, -0.05) is 39.0 Å². The summed E-state index contributed by atoms with van der Waals surface area (Å²) < 4.78 is 4.78. The van der Waals surface area contributed by atoms with Crippen molar-refractivity contribution in [3.63, 3.8) is 0 Å². The van der Waals surface area contributed by atoms with Gasteiger partial charge in [0, 0.05) is 24.0 Å². The van der Waals surface area contributed by atoms with E-state index in [4.69, 9.17) is 4.74 Å². The molecule has 0 atom stereocenters. The molecule has 0 radical (unpaired) electrons. The van der Waals surface area contributed by atoms with E-state index >= 15 is 0 Å². The van der Waals surface area contributed by atoms with E-state index in [1.54, 1.807) is 24.3 Å². The molecule has 0 saturated heterocycles. The lowest BCUT2D eigenvalue weighted by atomic mass is 9.87. The number of rotatable bonds is 5. The Morgan fingerprint density at radius 2 is 1.56 bits per heavy atom. The van der Waals surface area contributed by atoms with Gasteiger partial charge in [-0.2, -0.15) is 0 Å². The SMILES string of the molecule is COCC(=O)Nc1cccc(NC(=O)c2ccc(C(C)(C)C)cc2)c1. The number of amides is 2. The molecule has 2 aromatic rings. The number of carbonyl (C=O) groups excluding carboxylic acids is 2. The van der Waals surface area contributed by atoms with Crippen LogP contribution in [0, 0.1) is 0 Å². The smallest absolute Gasteiger partial charge is 0.255 e. The van der Waals surface area contributed by atoms with E-state index in [9.17, 15) is 9.59 Å². The standard InChI is InChI=1S/C20H24N2O3/c1-20(2,3)15-10-8-14(9-11-15)19(24)22-17-7-5-6-16(12-17)21-18(23)13-25-4/h5-12H,13H2,1-4H3,(H,21,23)(H,22,24). The highest BCUT2D eigenvalue weighted by Gasteiger charge is 2.14. The summed E-state index contributed by atoms with van der Waals surface area (Å²) in [6, 6.07) is 14.6. The molecule has 2 aromatic carbocycles.